The second-order valence-corrected chi connectivity index (χ2v) is 6.06. The van der Waals surface area contributed by atoms with Crippen LogP contribution in [0, 0.1) is 5.92 Å². The maximum atomic E-state index is 11.0. The van der Waals surface area contributed by atoms with Gasteiger partial charge in [-0.1, -0.05) is 56.4 Å². The summed E-state index contributed by atoms with van der Waals surface area (Å²) in [6.45, 7) is 1.67. The molecular formula is C18H26O. The Kier molecular flexibility index (Phi) is 5.62. The molecule has 1 aliphatic rings. The fourth-order valence-electron chi connectivity index (χ4n) is 3.04. The smallest absolute Gasteiger partial charge is 0.130 e. The summed E-state index contributed by atoms with van der Waals surface area (Å²) in [6.07, 6.45) is 11.3. The van der Waals surface area contributed by atoms with Crippen LogP contribution >= 0.6 is 0 Å². The number of carbonyl (C=O) groups is 1. The maximum Gasteiger partial charge on any atom is 0.130 e. The summed E-state index contributed by atoms with van der Waals surface area (Å²) in [6, 6.07) is 8.88. The molecule has 2 rings (SSSR count). The second-order valence-electron chi connectivity index (χ2n) is 6.06. The van der Waals surface area contributed by atoms with Crippen molar-refractivity contribution in [3.8, 4) is 0 Å². The van der Waals surface area contributed by atoms with Crippen molar-refractivity contribution in [1.29, 1.82) is 0 Å². The summed E-state index contributed by atoms with van der Waals surface area (Å²) in [7, 11) is 0. The highest BCUT2D eigenvalue weighted by atomic mass is 16.1. The number of hydrogen-bond acceptors (Lipinski definition) is 1. The molecule has 0 atom stereocenters. The molecule has 19 heavy (non-hydrogen) atoms. The standard InChI is InChI=1S/C18H26O/c1-15(19)7-8-17-11-13-18(14-12-17)10-9-16-5-3-2-4-6-16/h11-14,16H,2-10H2,1H3. The minimum absolute atomic E-state index is 0.279. The van der Waals surface area contributed by atoms with E-state index in [1.165, 1.54) is 56.1 Å². The number of Topliss-reactive ketones (excluding diaryl/α,β-unsaturated/α-hetero) is 1. The van der Waals surface area contributed by atoms with Crippen molar-refractivity contribution in [3.05, 3.63) is 35.4 Å². The topological polar surface area (TPSA) is 17.1 Å². The van der Waals surface area contributed by atoms with Gasteiger partial charge >= 0.3 is 0 Å². The average Bonchev–Trinajstić information content (AvgIpc) is 2.45. The Hall–Kier alpha value is -1.11. The van der Waals surface area contributed by atoms with Crippen molar-refractivity contribution >= 4 is 5.78 Å². The van der Waals surface area contributed by atoms with E-state index in [4.69, 9.17) is 0 Å². The summed E-state index contributed by atoms with van der Waals surface area (Å²) >= 11 is 0. The first-order chi connectivity index (χ1) is 9.24. The number of ketones is 1. The summed E-state index contributed by atoms with van der Waals surface area (Å²) in [5.41, 5.74) is 2.74. The predicted octanol–water partition coefficient (Wildman–Crippen LogP) is 4.72. The highest BCUT2D eigenvalue weighted by molar-refractivity contribution is 5.75. The van der Waals surface area contributed by atoms with Crippen LogP contribution in [0.5, 0.6) is 0 Å². The number of hydrogen-bond donors (Lipinski definition) is 0. The molecular weight excluding hydrogens is 232 g/mol. The molecule has 0 aliphatic heterocycles. The largest absolute Gasteiger partial charge is 0.300 e. The van der Waals surface area contributed by atoms with Crippen molar-refractivity contribution in [2.75, 3.05) is 0 Å². The van der Waals surface area contributed by atoms with Gasteiger partial charge in [-0.05, 0) is 43.2 Å². The molecule has 1 aromatic carbocycles. The summed E-state index contributed by atoms with van der Waals surface area (Å²) in [5.74, 6) is 1.24. The Bertz CT molecular complexity index is 385. The molecule has 0 spiro atoms. The SMILES string of the molecule is CC(=O)CCc1ccc(CCC2CCCCC2)cc1. The second kappa shape index (κ2) is 7.47. The van der Waals surface area contributed by atoms with E-state index in [0.717, 1.165) is 12.3 Å². The molecule has 1 heteroatoms. The zero-order valence-electron chi connectivity index (χ0n) is 12.2. The molecule has 1 nitrogen and oxygen atoms in total. The van der Waals surface area contributed by atoms with E-state index in [-0.39, 0.29) is 5.78 Å². The van der Waals surface area contributed by atoms with Gasteiger partial charge in [0.25, 0.3) is 0 Å². The first kappa shape index (κ1) is 14.3. The van der Waals surface area contributed by atoms with E-state index in [1.807, 2.05) is 0 Å². The van der Waals surface area contributed by atoms with Gasteiger partial charge in [0.05, 0.1) is 0 Å². The fourth-order valence-corrected chi connectivity index (χ4v) is 3.04. The van der Waals surface area contributed by atoms with Gasteiger partial charge in [0.1, 0.15) is 5.78 Å². The van der Waals surface area contributed by atoms with Crippen LogP contribution in [-0.4, -0.2) is 5.78 Å². The molecule has 104 valence electrons. The molecule has 0 unspecified atom stereocenters. The molecule has 0 heterocycles. The van der Waals surface area contributed by atoms with Gasteiger partial charge in [-0.25, -0.2) is 0 Å². The van der Waals surface area contributed by atoms with Crippen LogP contribution in [0.3, 0.4) is 0 Å². The summed E-state index contributed by atoms with van der Waals surface area (Å²) in [5, 5.41) is 0. The maximum absolute atomic E-state index is 11.0. The van der Waals surface area contributed by atoms with Crippen molar-refractivity contribution in [1.82, 2.24) is 0 Å². The zero-order chi connectivity index (χ0) is 13.5. The Morgan fingerprint density at radius 2 is 1.58 bits per heavy atom. The Morgan fingerprint density at radius 3 is 2.16 bits per heavy atom. The van der Waals surface area contributed by atoms with Crippen LogP contribution in [0.25, 0.3) is 0 Å². The Balaban J connectivity index is 1.76. The van der Waals surface area contributed by atoms with E-state index in [1.54, 1.807) is 6.92 Å². The number of benzene rings is 1. The van der Waals surface area contributed by atoms with Crippen LogP contribution in [0.15, 0.2) is 24.3 Å². The number of aryl methyl sites for hydroxylation is 2. The van der Waals surface area contributed by atoms with Crippen molar-refractivity contribution in [3.63, 3.8) is 0 Å². The van der Waals surface area contributed by atoms with Gasteiger partial charge in [0.2, 0.25) is 0 Å². The lowest BCUT2D eigenvalue weighted by atomic mass is 9.85. The van der Waals surface area contributed by atoms with Crippen LogP contribution in [0.1, 0.15) is 63.0 Å². The normalized spacial score (nSPS) is 16.5. The molecule has 1 saturated carbocycles. The van der Waals surface area contributed by atoms with Gasteiger partial charge < -0.3 is 4.79 Å². The molecule has 0 bridgehead atoms. The summed E-state index contributed by atoms with van der Waals surface area (Å²) in [4.78, 5) is 11.0. The van der Waals surface area contributed by atoms with Crippen LogP contribution in [-0.2, 0) is 17.6 Å². The molecule has 1 aromatic rings. The minimum Gasteiger partial charge on any atom is -0.300 e. The van der Waals surface area contributed by atoms with E-state index in [2.05, 4.69) is 24.3 Å². The first-order valence-electron chi connectivity index (χ1n) is 7.81. The summed E-state index contributed by atoms with van der Waals surface area (Å²) < 4.78 is 0. The molecule has 1 aliphatic carbocycles. The van der Waals surface area contributed by atoms with Gasteiger partial charge in [-0.3, -0.25) is 0 Å². The predicted molar refractivity (Wildman–Crippen MR) is 80.3 cm³/mol. The Morgan fingerprint density at radius 1 is 1.00 bits per heavy atom. The van der Waals surface area contributed by atoms with Crippen molar-refractivity contribution in [2.24, 2.45) is 5.92 Å². The van der Waals surface area contributed by atoms with Gasteiger partial charge in [0, 0.05) is 6.42 Å². The lowest BCUT2D eigenvalue weighted by molar-refractivity contribution is -0.116. The van der Waals surface area contributed by atoms with Gasteiger partial charge in [-0.2, -0.15) is 0 Å². The van der Waals surface area contributed by atoms with Gasteiger partial charge in [0.15, 0.2) is 0 Å². The van der Waals surface area contributed by atoms with Crippen molar-refractivity contribution in [2.45, 2.75) is 64.7 Å². The van der Waals surface area contributed by atoms with E-state index < -0.39 is 0 Å². The van der Waals surface area contributed by atoms with Gasteiger partial charge in [-0.15, -0.1) is 0 Å². The lowest BCUT2D eigenvalue weighted by Gasteiger charge is -2.21. The van der Waals surface area contributed by atoms with Crippen molar-refractivity contribution < 1.29 is 4.79 Å². The highest BCUT2D eigenvalue weighted by Gasteiger charge is 2.12. The van der Waals surface area contributed by atoms with Crippen LogP contribution < -0.4 is 0 Å². The molecule has 0 saturated heterocycles. The minimum atomic E-state index is 0.279. The fraction of sp³-hybridized carbons (Fsp3) is 0.611. The third-order valence-electron chi connectivity index (χ3n) is 4.35. The molecule has 0 N–H and O–H groups in total. The highest BCUT2D eigenvalue weighted by Crippen LogP contribution is 2.27. The quantitative estimate of drug-likeness (QED) is 0.721. The number of rotatable bonds is 6. The lowest BCUT2D eigenvalue weighted by Crippen LogP contribution is -2.07. The van der Waals surface area contributed by atoms with Crippen LogP contribution in [0.2, 0.25) is 0 Å². The Labute approximate surface area is 117 Å². The average molecular weight is 258 g/mol. The van der Waals surface area contributed by atoms with E-state index >= 15 is 0 Å². The molecule has 0 radical (unpaired) electrons. The zero-order valence-corrected chi connectivity index (χ0v) is 12.2. The van der Waals surface area contributed by atoms with Crippen LogP contribution in [0.4, 0.5) is 0 Å². The van der Waals surface area contributed by atoms with E-state index in [0.29, 0.717) is 6.42 Å². The molecule has 0 amide bonds. The third kappa shape index (κ3) is 5.18. The first-order valence-corrected chi connectivity index (χ1v) is 7.81. The third-order valence-corrected chi connectivity index (χ3v) is 4.35. The molecule has 1 fully saturated rings. The number of carbonyl (C=O) groups excluding carboxylic acids is 1. The van der Waals surface area contributed by atoms with E-state index in [9.17, 15) is 4.79 Å². The molecule has 0 aromatic heterocycles. The monoisotopic (exact) mass is 258 g/mol.